The summed E-state index contributed by atoms with van der Waals surface area (Å²) in [6, 6.07) is 6.10. The number of hydrogen-bond acceptors (Lipinski definition) is 5. The molecule has 0 unspecified atom stereocenters. The van der Waals surface area contributed by atoms with Crippen molar-refractivity contribution >= 4 is 27.0 Å². The number of fused-ring (bicyclic) bond motifs is 3. The number of nitrogens with two attached hydrogens (primary N) is 1. The van der Waals surface area contributed by atoms with Crippen molar-refractivity contribution in [3.05, 3.63) is 57.0 Å². The van der Waals surface area contributed by atoms with Crippen LogP contribution in [0.5, 0.6) is 0 Å². The van der Waals surface area contributed by atoms with Crippen molar-refractivity contribution in [1.29, 1.82) is 0 Å². The van der Waals surface area contributed by atoms with Crippen LogP contribution in [0.2, 0.25) is 0 Å². The molecule has 0 saturated heterocycles. The monoisotopic (exact) mass is 486 g/mol. The Morgan fingerprint density at radius 2 is 1.65 bits per heavy atom. The topological polar surface area (TPSA) is 126 Å². The van der Waals surface area contributed by atoms with Crippen molar-refractivity contribution in [3.63, 3.8) is 0 Å². The molecule has 4 rings (SSSR count). The summed E-state index contributed by atoms with van der Waals surface area (Å²) in [5.41, 5.74) is 1.36. The van der Waals surface area contributed by atoms with E-state index >= 15 is 0 Å². The van der Waals surface area contributed by atoms with Gasteiger partial charge in [-0.25, -0.2) is 18.4 Å². The van der Waals surface area contributed by atoms with Gasteiger partial charge in [0.05, 0.1) is 4.90 Å². The summed E-state index contributed by atoms with van der Waals surface area (Å²) < 4.78 is 29.4. The number of hydrogen-bond donors (Lipinski definition) is 1. The van der Waals surface area contributed by atoms with Crippen LogP contribution in [0.25, 0.3) is 22.6 Å². The number of aromatic nitrogens is 5. The van der Waals surface area contributed by atoms with Gasteiger partial charge in [0.2, 0.25) is 15.8 Å². The van der Waals surface area contributed by atoms with Crippen LogP contribution in [0.4, 0.5) is 0 Å². The summed E-state index contributed by atoms with van der Waals surface area (Å²) in [6.07, 6.45) is 8.15. The Hall–Kier alpha value is -3.18. The highest BCUT2D eigenvalue weighted by molar-refractivity contribution is 7.89. The summed E-state index contributed by atoms with van der Waals surface area (Å²) in [5.74, 6) is 0.459. The molecule has 0 saturated carbocycles. The molecule has 0 bridgehead atoms. The zero-order valence-corrected chi connectivity index (χ0v) is 20.5. The minimum atomic E-state index is -3.81. The van der Waals surface area contributed by atoms with Crippen molar-refractivity contribution in [2.24, 2.45) is 12.2 Å². The van der Waals surface area contributed by atoms with Gasteiger partial charge in [-0.1, -0.05) is 39.0 Å². The predicted molar refractivity (Wildman–Crippen MR) is 131 cm³/mol. The van der Waals surface area contributed by atoms with Gasteiger partial charge in [0.15, 0.2) is 11.2 Å². The Kier molecular flexibility index (Phi) is 6.50. The molecule has 3 aromatic heterocycles. The minimum absolute atomic E-state index is 0.00515. The lowest BCUT2D eigenvalue weighted by Crippen LogP contribution is -2.39. The fourth-order valence-electron chi connectivity index (χ4n) is 4.36. The molecule has 4 aromatic rings. The van der Waals surface area contributed by atoms with Crippen LogP contribution in [0.1, 0.15) is 51.1 Å². The van der Waals surface area contributed by atoms with Gasteiger partial charge in [0, 0.05) is 31.2 Å². The van der Waals surface area contributed by atoms with Gasteiger partial charge in [-0.2, -0.15) is 4.98 Å². The molecule has 10 nitrogen and oxygen atoms in total. The maximum absolute atomic E-state index is 13.4. The molecule has 182 valence electrons. The molecule has 0 atom stereocenters. The summed E-state index contributed by atoms with van der Waals surface area (Å²) in [6.45, 7) is 4.40. The first kappa shape index (κ1) is 24.0. The highest BCUT2D eigenvalue weighted by atomic mass is 32.2. The Balaban J connectivity index is 1.78. The van der Waals surface area contributed by atoms with E-state index in [0.29, 0.717) is 29.2 Å². The van der Waals surface area contributed by atoms with Crippen molar-refractivity contribution in [2.45, 2.75) is 63.8 Å². The van der Waals surface area contributed by atoms with Crippen LogP contribution in [0.3, 0.4) is 0 Å². The van der Waals surface area contributed by atoms with Gasteiger partial charge in [-0.15, -0.1) is 0 Å². The number of aryl methyl sites for hydroxylation is 2. The van der Waals surface area contributed by atoms with Gasteiger partial charge in [-0.3, -0.25) is 22.9 Å². The molecule has 0 fully saturated rings. The van der Waals surface area contributed by atoms with E-state index in [0.717, 1.165) is 31.4 Å². The first-order valence-electron chi connectivity index (χ1n) is 11.5. The van der Waals surface area contributed by atoms with E-state index < -0.39 is 10.0 Å². The Morgan fingerprint density at radius 3 is 2.29 bits per heavy atom. The first-order valence-corrected chi connectivity index (χ1v) is 13.0. The summed E-state index contributed by atoms with van der Waals surface area (Å²) in [5, 5.41) is 5.20. The second-order valence-corrected chi connectivity index (χ2v) is 10.2. The van der Waals surface area contributed by atoms with Gasteiger partial charge in [-0.05, 0) is 37.6 Å². The minimum Gasteiger partial charge on any atom is -0.283 e. The molecule has 0 radical (unpaired) electrons. The maximum atomic E-state index is 13.4. The average Bonchev–Trinajstić information content (AvgIpc) is 3.30. The molecule has 3 heterocycles. The van der Waals surface area contributed by atoms with Crippen LogP contribution >= 0.6 is 0 Å². The van der Waals surface area contributed by atoms with Crippen LogP contribution in [0.15, 0.2) is 44.9 Å². The molecule has 0 aliphatic heterocycles. The quantitative estimate of drug-likeness (QED) is 0.364. The third-order valence-corrected chi connectivity index (χ3v) is 7.11. The zero-order chi connectivity index (χ0) is 24.6. The molecule has 11 heteroatoms. The Morgan fingerprint density at radius 1 is 1.00 bits per heavy atom. The Labute approximate surface area is 197 Å². The molecule has 0 amide bonds. The number of sulfonamides is 1. The molecule has 2 N–H and O–H groups in total. The van der Waals surface area contributed by atoms with Gasteiger partial charge in [0.25, 0.3) is 5.56 Å². The number of imidazole rings is 2. The summed E-state index contributed by atoms with van der Waals surface area (Å²) >= 11 is 0. The van der Waals surface area contributed by atoms with E-state index in [1.165, 1.54) is 34.1 Å². The highest BCUT2D eigenvalue weighted by Gasteiger charge is 2.21. The van der Waals surface area contributed by atoms with Gasteiger partial charge >= 0.3 is 5.69 Å². The summed E-state index contributed by atoms with van der Waals surface area (Å²) in [7, 11) is -2.19. The third-order valence-electron chi connectivity index (χ3n) is 6.18. The Bertz CT molecular complexity index is 1570. The zero-order valence-electron chi connectivity index (χ0n) is 19.7. The van der Waals surface area contributed by atoms with E-state index in [-0.39, 0.29) is 16.1 Å². The maximum Gasteiger partial charge on any atom is 0.332 e. The van der Waals surface area contributed by atoms with E-state index in [4.69, 9.17) is 5.14 Å². The first-order chi connectivity index (χ1) is 16.1. The van der Waals surface area contributed by atoms with Crippen LogP contribution in [0, 0.1) is 6.92 Å². The lowest BCUT2D eigenvalue weighted by Gasteiger charge is -2.08. The number of rotatable bonds is 9. The van der Waals surface area contributed by atoms with E-state index in [2.05, 4.69) is 11.9 Å². The molecule has 0 aliphatic carbocycles. The fraction of sp³-hybridized carbons (Fsp3) is 0.435. The van der Waals surface area contributed by atoms with Crippen LogP contribution in [-0.2, 0) is 23.6 Å². The molecule has 0 spiro atoms. The molecule has 0 aliphatic rings. The second kappa shape index (κ2) is 9.22. The summed E-state index contributed by atoms with van der Waals surface area (Å²) in [4.78, 5) is 30.9. The fourth-order valence-corrected chi connectivity index (χ4v) is 4.88. The van der Waals surface area contributed by atoms with Gasteiger partial charge < -0.3 is 0 Å². The molecular weight excluding hydrogens is 456 g/mol. The molecule has 1 aromatic carbocycles. The highest BCUT2D eigenvalue weighted by Crippen LogP contribution is 2.22. The van der Waals surface area contributed by atoms with Crippen molar-refractivity contribution in [1.82, 2.24) is 23.1 Å². The number of benzene rings is 1. The predicted octanol–water partition coefficient (Wildman–Crippen LogP) is 2.45. The van der Waals surface area contributed by atoms with Crippen molar-refractivity contribution in [2.75, 3.05) is 0 Å². The van der Waals surface area contributed by atoms with Crippen LogP contribution in [-0.4, -0.2) is 31.5 Å². The standard InChI is InChI=1S/C23H30N6O4S/c1-4-5-6-7-8-9-14-27-21(30)19-20(26(3)23(27)31)25-22-28(19)15-16(2)29(22)17-10-12-18(13-11-17)34(24,32)33/h10-13,15H,4-9,14H2,1-3H3,(H2,24,32,33). The van der Waals surface area contributed by atoms with Gasteiger partial charge in [0.1, 0.15) is 0 Å². The van der Waals surface area contributed by atoms with Crippen LogP contribution < -0.4 is 16.4 Å². The molecular formula is C23H30N6O4S. The van der Waals surface area contributed by atoms with E-state index in [9.17, 15) is 18.0 Å². The average molecular weight is 487 g/mol. The van der Waals surface area contributed by atoms with Crippen molar-refractivity contribution in [3.8, 4) is 5.69 Å². The van der Waals surface area contributed by atoms with E-state index in [1.807, 2.05) is 6.92 Å². The number of nitrogens with zero attached hydrogens (tertiary/aromatic N) is 5. The lowest BCUT2D eigenvalue weighted by atomic mass is 10.1. The second-order valence-electron chi connectivity index (χ2n) is 8.66. The SMILES string of the molecule is CCCCCCCCn1c(=O)c2c(nc3n(-c4ccc(S(N)(=O)=O)cc4)c(C)cn23)n(C)c1=O. The number of primary sulfonamides is 1. The number of unbranched alkanes of at least 4 members (excludes halogenated alkanes) is 5. The largest absolute Gasteiger partial charge is 0.332 e. The smallest absolute Gasteiger partial charge is 0.283 e. The molecule has 34 heavy (non-hydrogen) atoms. The normalized spacial score (nSPS) is 12.2. The lowest BCUT2D eigenvalue weighted by molar-refractivity contribution is 0.526. The van der Waals surface area contributed by atoms with Crippen molar-refractivity contribution < 1.29 is 8.42 Å². The van der Waals surface area contributed by atoms with E-state index in [1.54, 1.807) is 34.3 Å². The third kappa shape index (κ3) is 4.21.